The molecule has 20 heavy (non-hydrogen) atoms. The van der Waals surface area contributed by atoms with Crippen LogP contribution in [-0.4, -0.2) is 28.3 Å². The number of nitrogens with zero attached hydrogens (tertiary/aromatic N) is 2. The van der Waals surface area contributed by atoms with Crippen molar-refractivity contribution >= 4 is 17.4 Å². The molecule has 2 rings (SSSR count). The van der Waals surface area contributed by atoms with E-state index in [0.717, 1.165) is 37.1 Å². The molecule has 0 spiro atoms. The summed E-state index contributed by atoms with van der Waals surface area (Å²) in [5.41, 5.74) is 0.915. The fourth-order valence-corrected chi connectivity index (χ4v) is 3.24. The van der Waals surface area contributed by atoms with Crippen LogP contribution in [-0.2, 0) is 23.0 Å². The van der Waals surface area contributed by atoms with Crippen molar-refractivity contribution in [2.24, 2.45) is 13.0 Å². The van der Waals surface area contributed by atoms with Crippen molar-refractivity contribution in [3.8, 4) is 0 Å². The molecular weight excluding hydrogens is 276 g/mol. The smallest absolute Gasteiger partial charge is 0.170 e. The number of aryl methyl sites for hydroxylation is 2. The van der Waals surface area contributed by atoms with E-state index in [9.17, 15) is 4.79 Å². The lowest BCUT2D eigenvalue weighted by atomic mass is 9.76. The minimum atomic E-state index is -0.631. The van der Waals surface area contributed by atoms with Gasteiger partial charge in [0.15, 0.2) is 5.78 Å². The summed E-state index contributed by atoms with van der Waals surface area (Å²) >= 11 is 6.23. The molecule has 1 fully saturated rings. The maximum absolute atomic E-state index is 12.7. The quantitative estimate of drug-likeness (QED) is 0.858. The van der Waals surface area contributed by atoms with Gasteiger partial charge in [0.2, 0.25) is 0 Å². The number of carbonyl (C=O) groups excluding carboxylic acids is 1. The summed E-state index contributed by atoms with van der Waals surface area (Å²) in [6, 6.07) is 0. The van der Waals surface area contributed by atoms with Crippen LogP contribution in [0.2, 0.25) is 5.02 Å². The fourth-order valence-electron chi connectivity index (χ4n) is 3.01. The largest absolute Gasteiger partial charge is 0.370 e. The van der Waals surface area contributed by atoms with Gasteiger partial charge in [-0.15, -0.1) is 0 Å². The van der Waals surface area contributed by atoms with Crippen LogP contribution >= 0.6 is 11.6 Å². The first-order valence-corrected chi connectivity index (χ1v) is 7.54. The van der Waals surface area contributed by atoms with Gasteiger partial charge in [0.25, 0.3) is 0 Å². The molecule has 112 valence electrons. The normalized spacial score (nSPS) is 26.8. The van der Waals surface area contributed by atoms with E-state index in [4.69, 9.17) is 16.3 Å². The number of Topliss-reactive ketones (excluding diaryl/α,β-unsaturated/α-hetero) is 1. The zero-order chi connectivity index (χ0) is 14.9. The Kier molecular flexibility index (Phi) is 4.55. The number of halogens is 1. The Morgan fingerprint density at radius 3 is 2.55 bits per heavy atom. The molecule has 0 N–H and O–H groups in total. The van der Waals surface area contributed by atoms with Crippen molar-refractivity contribution in [2.75, 3.05) is 7.11 Å². The Labute approximate surface area is 125 Å². The molecule has 1 aliphatic carbocycles. The first kappa shape index (κ1) is 15.5. The Bertz CT molecular complexity index is 502. The molecule has 0 bridgehead atoms. The van der Waals surface area contributed by atoms with Gasteiger partial charge in [-0.05, 0) is 38.5 Å². The SMILES string of the molecule is COC1(C(=O)Cc2c(Cl)c(C)nn2C)CCC(C)CC1. The van der Waals surface area contributed by atoms with Crippen LogP contribution in [0.5, 0.6) is 0 Å². The maximum atomic E-state index is 12.7. The molecule has 1 aliphatic rings. The van der Waals surface area contributed by atoms with Gasteiger partial charge in [0.05, 0.1) is 22.8 Å². The molecule has 1 aromatic heterocycles. The number of ketones is 1. The third-order valence-corrected chi connectivity index (χ3v) is 5.06. The minimum Gasteiger partial charge on any atom is -0.370 e. The summed E-state index contributed by atoms with van der Waals surface area (Å²) < 4.78 is 7.32. The lowest BCUT2D eigenvalue weighted by molar-refractivity contribution is -0.145. The number of aromatic nitrogens is 2. The van der Waals surface area contributed by atoms with E-state index in [1.165, 1.54) is 0 Å². The van der Waals surface area contributed by atoms with E-state index in [-0.39, 0.29) is 5.78 Å². The van der Waals surface area contributed by atoms with Gasteiger partial charge < -0.3 is 4.74 Å². The highest BCUT2D eigenvalue weighted by molar-refractivity contribution is 6.32. The third kappa shape index (κ3) is 2.77. The monoisotopic (exact) mass is 298 g/mol. The van der Waals surface area contributed by atoms with E-state index < -0.39 is 5.60 Å². The predicted octanol–water partition coefficient (Wildman–Crippen LogP) is 3.09. The molecule has 0 radical (unpaired) electrons. The summed E-state index contributed by atoms with van der Waals surface area (Å²) in [6.07, 6.45) is 3.98. The average Bonchev–Trinajstić information content (AvgIpc) is 2.66. The maximum Gasteiger partial charge on any atom is 0.170 e. The molecule has 0 saturated heterocycles. The highest BCUT2D eigenvalue weighted by atomic mass is 35.5. The Hall–Kier alpha value is -0.870. The van der Waals surface area contributed by atoms with Crippen LogP contribution in [0.15, 0.2) is 0 Å². The number of rotatable bonds is 4. The Morgan fingerprint density at radius 2 is 2.10 bits per heavy atom. The Morgan fingerprint density at radius 1 is 1.50 bits per heavy atom. The molecule has 1 heterocycles. The van der Waals surface area contributed by atoms with Gasteiger partial charge in [0.1, 0.15) is 5.60 Å². The van der Waals surface area contributed by atoms with Crippen molar-refractivity contribution < 1.29 is 9.53 Å². The molecular formula is C15H23ClN2O2. The Balaban J connectivity index is 2.18. The standard InChI is InChI=1S/C15H23ClN2O2/c1-10-5-7-15(20-4,8-6-10)13(19)9-12-14(16)11(2)17-18(12)3/h10H,5-9H2,1-4H3. The summed E-state index contributed by atoms with van der Waals surface area (Å²) in [6.45, 7) is 4.08. The summed E-state index contributed by atoms with van der Waals surface area (Å²) in [4.78, 5) is 12.7. The number of ether oxygens (including phenoxy) is 1. The summed E-state index contributed by atoms with van der Waals surface area (Å²) in [5, 5.41) is 4.85. The lowest BCUT2D eigenvalue weighted by Crippen LogP contribution is -2.45. The van der Waals surface area contributed by atoms with E-state index in [1.807, 2.05) is 14.0 Å². The highest BCUT2D eigenvalue weighted by Gasteiger charge is 2.41. The first-order valence-electron chi connectivity index (χ1n) is 7.16. The van der Waals surface area contributed by atoms with Gasteiger partial charge in [-0.1, -0.05) is 18.5 Å². The second-order valence-electron chi connectivity index (χ2n) is 5.95. The van der Waals surface area contributed by atoms with Crippen molar-refractivity contribution in [3.63, 3.8) is 0 Å². The fraction of sp³-hybridized carbons (Fsp3) is 0.733. The first-order chi connectivity index (χ1) is 9.39. The topological polar surface area (TPSA) is 44.1 Å². The molecule has 5 heteroatoms. The molecule has 0 aliphatic heterocycles. The molecule has 1 aromatic rings. The van der Waals surface area contributed by atoms with Gasteiger partial charge in [0, 0.05) is 14.2 Å². The van der Waals surface area contributed by atoms with Gasteiger partial charge >= 0.3 is 0 Å². The van der Waals surface area contributed by atoms with Crippen molar-refractivity contribution in [3.05, 3.63) is 16.4 Å². The molecule has 1 saturated carbocycles. The van der Waals surface area contributed by atoms with E-state index in [2.05, 4.69) is 12.0 Å². The molecule has 0 atom stereocenters. The predicted molar refractivity (Wildman–Crippen MR) is 79.0 cm³/mol. The van der Waals surface area contributed by atoms with E-state index >= 15 is 0 Å². The van der Waals surface area contributed by atoms with Crippen LogP contribution < -0.4 is 0 Å². The second kappa shape index (κ2) is 5.86. The number of methoxy groups -OCH3 is 1. The lowest BCUT2D eigenvalue weighted by Gasteiger charge is -2.37. The third-order valence-electron chi connectivity index (χ3n) is 4.57. The molecule has 0 amide bonds. The van der Waals surface area contributed by atoms with Crippen LogP contribution in [0.1, 0.15) is 44.0 Å². The average molecular weight is 299 g/mol. The zero-order valence-electron chi connectivity index (χ0n) is 12.7. The van der Waals surface area contributed by atoms with Crippen molar-refractivity contribution in [2.45, 2.75) is 51.6 Å². The van der Waals surface area contributed by atoms with Crippen LogP contribution in [0.3, 0.4) is 0 Å². The summed E-state index contributed by atoms with van der Waals surface area (Å²) in [7, 11) is 3.47. The minimum absolute atomic E-state index is 0.122. The van der Waals surface area contributed by atoms with Crippen molar-refractivity contribution in [1.29, 1.82) is 0 Å². The van der Waals surface area contributed by atoms with E-state index in [0.29, 0.717) is 17.4 Å². The molecule has 0 aromatic carbocycles. The van der Waals surface area contributed by atoms with Gasteiger partial charge in [-0.3, -0.25) is 9.48 Å². The number of carbonyl (C=O) groups is 1. The summed E-state index contributed by atoms with van der Waals surface area (Å²) in [5.74, 6) is 0.797. The highest BCUT2D eigenvalue weighted by Crippen LogP contribution is 2.36. The van der Waals surface area contributed by atoms with Crippen LogP contribution in [0.25, 0.3) is 0 Å². The second-order valence-corrected chi connectivity index (χ2v) is 6.33. The van der Waals surface area contributed by atoms with Crippen molar-refractivity contribution in [1.82, 2.24) is 9.78 Å². The zero-order valence-corrected chi connectivity index (χ0v) is 13.5. The van der Waals surface area contributed by atoms with Gasteiger partial charge in [-0.25, -0.2) is 0 Å². The van der Waals surface area contributed by atoms with E-state index in [1.54, 1.807) is 11.8 Å². The molecule has 4 nitrogen and oxygen atoms in total. The molecule has 0 unspecified atom stereocenters. The van der Waals surface area contributed by atoms with Gasteiger partial charge in [-0.2, -0.15) is 5.10 Å². The number of hydrogen-bond acceptors (Lipinski definition) is 3. The number of hydrogen-bond donors (Lipinski definition) is 0. The van der Waals surface area contributed by atoms with Crippen LogP contribution in [0, 0.1) is 12.8 Å². The van der Waals surface area contributed by atoms with Crippen LogP contribution in [0.4, 0.5) is 0 Å².